The number of carbonyl (C=O) groups excluding carboxylic acids is 1. The van der Waals surface area contributed by atoms with Crippen LogP contribution in [0.5, 0.6) is 5.75 Å². The summed E-state index contributed by atoms with van der Waals surface area (Å²) < 4.78 is 12.0. The summed E-state index contributed by atoms with van der Waals surface area (Å²) in [6, 6.07) is 35.0. The van der Waals surface area contributed by atoms with Gasteiger partial charge in [-0.2, -0.15) is 5.43 Å². The van der Waals surface area contributed by atoms with Gasteiger partial charge in [0, 0.05) is 18.2 Å². The summed E-state index contributed by atoms with van der Waals surface area (Å²) in [6.07, 6.45) is 0.430. The summed E-state index contributed by atoms with van der Waals surface area (Å²) in [6.45, 7) is 5.99. The number of oxazole rings is 1. The predicted molar refractivity (Wildman–Crippen MR) is 168 cm³/mol. The molecule has 0 fully saturated rings. The third-order valence-electron chi connectivity index (χ3n) is 7.14. The van der Waals surface area contributed by atoms with Crippen molar-refractivity contribution in [3.05, 3.63) is 132 Å². The number of aryl methyl sites for hydroxylation is 2. The van der Waals surface area contributed by atoms with Crippen LogP contribution in [0, 0.1) is 13.8 Å². The van der Waals surface area contributed by atoms with Crippen LogP contribution in [0.4, 0.5) is 11.4 Å². The third kappa shape index (κ3) is 7.55. The van der Waals surface area contributed by atoms with E-state index in [9.17, 15) is 4.79 Å². The Morgan fingerprint density at radius 2 is 1.60 bits per heavy atom. The first kappa shape index (κ1) is 29.3. The highest BCUT2D eigenvalue weighted by atomic mass is 16.5. The molecule has 1 atom stereocenters. The predicted octanol–water partition coefficient (Wildman–Crippen LogP) is 4.27. The number of ether oxygens (including phenoxy) is 1. The van der Waals surface area contributed by atoms with Gasteiger partial charge in [-0.25, -0.2) is 4.98 Å². The number of anilines is 2. The van der Waals surface area contributed by atoms with Crippen LogP contribution >= 0.6 is 0 Å². The Morgan fingerprint density at radius 1 is 0.907 bits per heavy atom. The van der Waals surface area contributed by atoms with Gasteiger partial charge < -0.3 is 20.2 Å². The number of para-hydroxylation sites is 1. The Balaban J connectivity index is 1.34. The van der Waals surface area contributed by atoms with E-state index in [2.05, 4.69) is 26.6 Å². The quantitative estimate of drug-likeness (QED) is 0.139. The number of hydrazone groups is 1. The summed E-state index contributed by atoms with van der Waals surface area (Å²) in [4.78, 5) is 18.1. The lowest BCUT2D eigenvalue weighted by molar-refractivity contribution is -0.471. The van der Waals surface area contributed by atoms with Gasteiger partial charge in [-0.15, -0.1) is 5.10 Å². The molecule has 0 aliphatic heterocycles. The van der Waals surface area contributed by atoms with E-state index in [-0.39, 0.29) is 12.5 Å². The molecular weight excluding hydrogens is 538 g/mol. The highest BCUT2D eigenvalue weighted by Crippen LogP contribution is 2.23. The number of hydrazine groups is 1. The summed E-state index contributed by atoms with van der Waals surface area (Å²) in [5, 5.41) is 6.30. The largest absolute Gasteiger partial charge is 0.487 e. The summed E-state index contributed by atoms with van der Waals surface area (Å²) in [5.74, 6) is 1.75. The molecule has 1 heterocycles. The van der Waals surface area contributed by atoms with Crippen molar-refractivity contribution in [1.29, 1.82) is 0 Å². The van der Waals surface area contributed by atoms with Crippen molar-refractivity contribution in [1.82, 2.24) is 4.98 Å². The van der Waals surface area contributed by atoms with Crippen molar-refractivity contribution in [2.24, 2.45) is 0 Å². The summed E-state index contributed by atoms with van der Waals surface area (Å²) >= 11 is 0. The molecular formula is C35H37N5O3+2. The second-order valence-electron chi connectivity index (χ2n) is 10.8. The van der Waals surface area contributed by atoms with Crippen molar-refractivity contribution < 1.29 is 24.8 Å². The lowest BCUT2D eigenvalue weighted by Gasteiger charge is -2.19. The van der Waals surface area contributed by atoms with Crippen LogP contribution in [0.2, 0.25) is 0 Å². The number of hydrogen-bond acceptors (Lipinski definition) is 5. The molecule has 4 aromatic carbocycles. The molecule has 1 amide bonds. The van der Waals surface area contributed by atoms with E-state index >= 15 is 0 Å². The lowest BCUT2D eigenvalue weighted by atomic mass is 9.90. The third-order valence-corrected chi connectivity index (χ3v) is 7.14. The Bertz CT molecular complexity index is 1710. The zero-order valence-corrected chi connectivity index (χ0v) is 24.7. The summed E-state index contributed by atoms with van der Waals surface area (Å²) in [5.41, 5.74) is 12.5. The van der Waals surface area contributed by atoms with Crippen LogP contribution < -0.4 is 26.3 Å². The zero-order valence-electron chi connectivity index (χ0n) is 24.7. The number of benzene rings is 4. The minimum atomic E-state index is -1.12. The van der Waals surface area contributed by atoms with Crippen molar-refractivity contribution in [3.63, 3.8) is 0 Å². The van der Waals surface area contributed by atoms with Crippen molar-refractivity contribution >= 4 is 23.0 Å². The van der Waals surface area contributed by atoms with Gasteiger partial charge >= 0.3 is 0 Å². The minimum absolute atomic E-state index is 0.227. The van der Waals surface area contributed by atoms with Gasteiger partial charge in [0.15, 0.2) is 0 Å². The van der Waals surface area contributed by atoms with Gasteiger partial charge in [-0.3, -0.25) is 4.79 Å². The molecule has 5 aromatic rings. The summed E-state index contributed by atoms with van der Waals surface area (Å²) in [7, 11) is 0. The van der Waals surface area contributed by atoms with E-state index in [4.69, 9.17) is 9.15 Å². The van der Waals surface area contributed by atoms with E-state index in [0.717, 1.165) is 28.1 Å². The molecule has 0 aliphatic carbocycles. The van der Waals surface area contributed by atoms with Gasteiger partial charge in [-0.05, 0) is 73.5 Å². The van der Waals surface area contributed by atoms with Gasteiger partial charge in [0.1, 0.15) is 23.8 Å². The van der Waals surface area contributed by atoms with Crippen LogP contribution in [-0.4, -0.2) is 22.1 Å². The van der Waals surface area contributed by atoms with Crippen molar-refractivity contribution in [2.75, 3.05) is 10.7 Å². The van der Waals surface area contributed by atoms with Crippen LogP contribution in [0.3, 0.4) is 0 Å². The number of quaternary nitrogens is 1. The molecule has 6 N–H and O–H groups in total. The zero-order chi connectivity index (χ0) is 30.2. The Labute approximate surface area is 251 Å². The van der Waals surface area contributed by atoms with E-state index in [1.807, 2.05) is 130 Å². The van der Waals surface area contributed by atoms with E-state index in [0.29, 0.717) is 35.2 Å². The molecule has 0 saturated carbocycles. The van der Waals surface area contributed by atoms with Gasteiger partial charge in [0.2, 0.25) is 5.89 Å². The van der Waals surface area contributed by atoms with Crippen LogP contribution in [0.25, 0.3) is 11.5 Å². The lowest BCUT2D eigenvalue weighted by Crippen LogP contribution is -2.91. The molecule has 43 heavy (non-hydrogen) atoms. The highest BCUT2D eigenvalue weighted by Gasteiger charge is 2.44. The molecule has 8 nitrogen and oxygen atoms in total. The monoisotopic (exact) mass is 575 g/mol. The van der Waals surface area contributed by atoms with Gasteiger partial charge in [0.25, 0.3) is 17.2 Å². The first-order valence-electron chi connectivity index (χ1n) is 14.2. The number of hydrogen-bond donors (Lipinski definition) is 4. The maximum atomic E-state index is 13.5. The smallest absolute Gasteiger partial charge is 0.296 e. The van der Waals surface area contributed by atoms with Gasteiger partial charge in [-0.1, -0.05) is 60.7 Å². The van der Waals surface area contributed by atoms with Crippen LogP contribution in [0.15, 0.2) is 114 Å². The average molecular weight is 576 g/mol. The SMILES string of the molecule is Cc1cccc(N/[NH+]=C(/Cc2cccc(OCc3nc(-c4ccccc4)oc3C)c2)C(C)([NH3+])C(=O)Nc2ccccc2)c1. The molecule has 1 unspecified atom stereocenters. The van der Waals surface area contributed by atoms with Crippen molar-refractivity contribution in [3.8, 4) is 17.2 Å². The number of carbonyl (C=O) groups is 1. The molecule has 1 aromatic heterocycles. The molecule has 0 aliphatic rings. The van der Waals surface area contributed by atoms with E-state index < -0.39 is 5.54 Å². The number of nitrogens with zero attached hydrogens (tertiary/aromatic N) is 1. The fourth-order valence-electron chi connectivity index (χ4n) is 4.54. The first-order valence-corrected chi connectivity index (χ1v) is 14.2. The molecule has 0 bridgehead atoms. The fourth-order valence-corrected chi connectivity index (χ4v) is 4.54. The van der Waals surface area contributed by atoms with Gasteiger partial charge in [0.05, 0.1) is 12.1 Å². The van der Waals surface area contributed by atoms with Crippen LogP contribution in [-0.2, 0) is 17.8 Å². The number of rotatable bonds is 11. The van der Waals surface area contributed by atoms with E-state index in [1.54, 1.807) is 0 Å². The molecule has 0 radical (unpaired) electrons. The Hall–Kier alpha value is -5.21. The Morgan fingerprint density at radius 3 is 2.35 bits per heavy atom. The molecule has 8 heteroatoms. The molecule has 0 saturated heterocycles. The number of aromatic nitrogens is 1. The maximum Gasteiger partial charge on any atom is 0.296 e. The topological polar surface area (TPSA) is 118 Å². The maximum absolute atomic E-state index is 13.5. The average Bonchev–Trinajstić information content (AvgIpc) is 3.39. The molecule has 218 valence electrons. The standard InChI is InChI=1S/C35H35N5O3/c1-24-12-10-18-29(20-24)39-40-32(35(3,36)34(41)37-28-16-8-5-9-17-28)22-26-13-11-19-30(21-26)42-23-31-25(2)43-33(38-31)27-14-6-4-7-15-27/h4-21,39H,22-23,36H2,1-3H3,(H,37,41)/p+2/b40-32-. The minimum Gasteiger partial charge on any atom is -0.487 e. The van der Waals surface area contributed by atoms with Crippen LogP contribution in [0.1, 0.15) is 29.5 Å². The molecule has 5 rings (SSSR count). The van der Waals surface area contributed by atoms with Crippen molar-refractivity contribution in [2.45, 2.75) is 39.3 Å². The normalized spacial score (nSPS) is 12.8. The second-order valence-corrected chi connectivity index (χ2v) is 10.8. The second kappa shape index (κ2) is 13.2. The Kier molecular flexibility index (Phi) is 8.98. The number of nitrogens with one attached hydrogen (secondary N) is 3. The highest BCUT2D eigenvalue weighted by molar-refractivity contribution is 6.14. The fraction of sp³-hybridized carbons (Fsp3) is 0.171. The number of amides is 1. The molecule has 0 spiro atoms. The first-order chi connectivity index (χ1) is 20.8. The van der Waals surface area contributed by atoms with E-state index in [1.165, 1.54) is 0 Å².